The Morgan fingerprint density at radius 3 is 1.94 bits per heavy atom. The molecule has 1 heterocycles. The number of hydrogen-bond acceptors (Lipinski definition) is 4. The van der Waals surface area contributed by atoms with Crippen LogP contribution in [0, 0.1) is 0 Å². The maximum atomic E-state index is 12.1. The molecule has 0 unspecified atom stereocenters. The predicted octanol–water partition coefficient (Wildman–Crippen LogP) is 0.295. The van der Waals surface area contributed by atoms with E-state index in [-0.39, 0.29) is 23.5 Å². The Bertz CT molecular complexity index is 546. The molecular weight excluding hydrogens is 210 g/mol. The van der Waals surface area contributed by atoms with Crippen molar-refractivity contribution in [1.29, 1.82) is 0 Å². The van der Waals surface area contributed by atoms with Gasteiger partial charge in [0.05, 0.1) is 0 Å². The van der Waals surface area contributed by atoms with Crippen LogP contribution in [0.1, 0.15) is 39.8 Å². The predicted molar refractivity (Wildman–Crippen MR) is 59.5 cm³/mol. The minimum Gasteiger partial charge on any atom is -0.375 e. The molecule has 0 radical (unpaired) electrons. The van der Waals surface area contributed by atoms with Gasteiger partial charge in [0.25, 0.3) is 0 Å². The van der Waals surface area contributed by atoms with Gasteiger partial charge in [-0.15, -0.1) is 0 Å². The Morgan fingerprint density at radius 1 is 1.06 bits per heavy atom. The van der Waals surface area contributed by atoms with Crippen molar-refractivity contribution in [2.75, 3.05) is 7.05 Å². The van der Waals surface area contributed by atoms with Gasteiger partial charge in [-0.1, -0.05) is 0 Å². The van der Waals surface area contributed by atoms with Crippen LogP contribution in [0.4, 0.5) is 0 Å². The van der Waals surface area contributed by atoms with Crippen LogP contribution < -0.4 is 17.1 Å². The zero-order chi connectivity index (χ0) is 12.5. The second kappa shape index (κ2) is 4.51. The molecule has 0 saturated heterocycles. The second-order valence-corrected chi connectivity index (χ2v) is 4.08. The number of hydrogen-bond donors (Lipinski definition) is 0. The van der Waals surface area contributed by atoms with Crippen LogP contribution in [0.5, 0.6) is 0 Å². The van der Waals surface area contributed by atoms with Crippen LogP contribution >= 0.6 is 0 Å². The Kier molecular flexibility index (Phi) is 3.51. The molecule has 90 valence electrons. The molecule has 0 amide bonds. The van der Waals surface area contributed by atoms with Crippen LogP contribution in [0.2, 0.25) is 0 Å². The SMILES string of the molecule is CN=c1oc(=O)n(C(C)C)c(=O)n1C(C)C. The average molecular weight is 227 g/mol. The van der Waals surface area contributed by atoms with E-state index in [0.717, 1.165) is 4.57 Å². The highest BCUT2D eigenvalue weighted by atomic mass is 16.4. The van der Waals surface area contributed by atoms with Crippen LogP contribution in [0.25, 0.3) is 0 Å². The molecular formula is C10H17N3O3. The molecule has 6 heteroatoms. The van der Waals surface area contributed by atoms with Gasteiger partial charge in [-0.25, -0.2) is 23.7 Å². The van der Waals surface area contributed by atoms with Gasteiger partial charge in [-0.2, -0.15) is 0 Å². The summed E-state index contributed by atoms with van der Waals surface area (Å²) < 4.78 is 7.44. The molecule has 16 heavy (non-hydrogen) atoms. The molecule has 1 aromatic heterocycles. The van der Waals surface area contributed by atoms with Gasteiger partial charge in [0.15, 0.2) is 0 Å². The first kappa shape index (κ1) is 12.5. The molecule has 0 spiro atoms. The highest BCUT2D eigenvalue weighted by Gasteiger charge is 2.14. The topological polar surface area (TPSA) is 69.5 Å². The molecule has 0 aliphatic heterocycles. The molecule has 0 aliphatic rings. The van der Waals surface area contributed by atoms with Crippen molar-refractivity contribution in [3.05, 3.63) is 26.7 Å². The van der Waals surface area contributed by atoms with E-state index in [0.29, 0.717) is 0 Å². The number of rotatable bonds is 2. The van der Waals surface area contributed by atoms with Gasteiger partial charge in [-0.05, 0) is 27.7 Å². The van der Waals surface area contributed by atoms with Crippen LogP contribution in [0.3, 0.4) is 0 Å². The van der Waals surface area contributed by atoms with Crippen molar-refractivity contribution < 1.29 is 4.42 Å². The molecule has 0 aromatic carbocycles. The number of nitrogens with zero attached hydrogens (tertiary/aromatic N) is 3. The fourth-order valence-electron chi connectivity index (χ4n) is 1.48. The Balaban J connectivity index is 3.81. The lowest BCUT2D eigenvalue weighted by Gasteiger charge is -2.13. The third kappa shape index (κ3) is 2.00. The van der Waals surface area contributed by atoms with Gasteiger partial charge in [0.2, 0.25) is 0 Å². The Labute approximate surface area is 92.9 Å². The number of aromatic nitrogens is 2. The molecule has 0 N–H and O–H groups in total. The molecule has 0 atom stereocenters. The van der Waals surface area contributed by atoms with Crippen molar-refractivity contribution >= 4 is 0 Å². The van der Waals surface area contributed by atoms with E-state index < -0.39 is 5.76 Å². The summed E-state index contributed by atoms with van der Waals surface area (Å²) in [7, 11) is 1.48. The first-order valence-corrected chi connectivity index (χ1v) is 5.21. The van der Waals surface area contributed by atoms with Gasteiger partial charge >= 0.3 is 17.1 Å². The van der Waals surface area contributed by atoms with E-state index in [1.54, 1.807) is 13.8 Å². The van der Waals surface area contributed by atoms with Gasteiger partial charge in [0, 0.05) is 19.1 Å². The first-order valence-electron chi connectivity index (χ1n) is 5.21. The van der Waals surface area contributed by atoms with Crippen molar-refractivity contribution in [2.45, 2.75) is 39.8 Å². The zero-order valence-corrected chi connectivity index (χ0v) is 10.2. The summed E-state index contributed by atoms with van der Waals surface area (Å²) in [5.74, 6) is -0.669. The van der Waals surface area contributed by atoms with Crippen LogP contribution in [-0.4, -0.2) is 16.2 Å². The third-order valence-electron chi connectivity index (χ3n) is 2.22. The van der Waals surface area contributed by atoms with Gasteiger partial charge in [-0.3, -0.25) is 0 Å². The largest absolute Gasteiger partial charge is 0.426 e. The normalized spacial score (nSPS) is 12.8. The van der Waals surface area contributed by atoms with Crippen molar-refractivity contribution in [3.8, 4) is 0 Å². The summed E-state index contributed by atoms with van der Waals surface area (Å²) in [5, 5.41) is 0. The van der Waals surface area contributed by atoms with E-state index >= 15 is 0 Å². The second-order valence-electron chi connectivity index (χ2n) is 4.08. The fourth-order valence-corrected chi connectivity index (χ4v) is 1.48. The lowest BCUT2D eigenvalue weighted by molar-refractivity contribution is 0.285. The van der Waals surface area contributed by atoms with Crippen molar-refractivity contribution in [1.82, 2.24) is 9.13 Å². The van der Waals surface area contributed by atoms with E-state index in [2.05, 4.69) is 4.99 Å². The van der Waals surface area contributed by atoms with E-state index in [9.17, 15) is 9.59 Å². The van der Waals surface area contributed by atoms with Crippen LogP contribution in [0.15, 0.2) is 19.0 Å². The van der Waals surface area contributed by atoms with Gasteiger partial charge in [0.1, 0.15) is 0 Å². The lowest BCUT2D eigenvalue weighted by atomic mass is 10.4. The smallest absolute Gasteiger partial charge is 0.375 e. The van der Waals surface area contributed by atoms with Crippen molar-refractivity contribution in [3.63, 3.8) is 0 Å². The molecule has 1 rings (SSSR count). The summed E-state index contributed by atoms with van der Waals surface area (Å²) in [4.78, 5) is 27.4. The molecule has 0 fully saturated rings. The van der Waals surface area contributed by atoms with E-state index in [1.165, 1.54) is 11.6 Å². The van der Waals surface area contributed by atoms with E-state index in [4.69, 9.17) is 4.42 Å². The highest BCUT2D eigenvalue weighted by Crippen LogP contribution is 1.97. The highest BCUT2D eigenvalue weighted by molar-refractivity contribution is 4.75. The summed E-state index contributed by atoms with van der Waals surface area (Å²) in [6.07, 6.45) is 0. The molecule has 0 bridgehead atoms. The first-order chi connectivity index (χ1) is 7.40. The monoisotopic (exact) mass is 227 g/mol. The van der Waals surface area contributed by atoms with Crippen molar-refractivity contribution in [2.24, 2.45) is 4.99 Å². The van der Waals surface area contributed by atoms with E-state index in [1.807, 2.05) is 13.8 Å². The Hall–Kier alpha value is -1.59. The lowest BCUT2D eigenvalue weighted by Crippen LogP contribution is -2.48. The molecule has 1 aromatic rings. The average Bonchev–Trinajstić information content (AvgIpc) is 2.14. The Morgan fingerprint density at radius 2 is 1.56 bits per heavy atom. The molecule has 6 nitrogen and oxygen atoms in total. The summed E-state index contributed by atoms with van der Waals surface area (Å²) in [6.45, 7) is 7.18. The maximum absolute atomic E-state index is 12.1. The fraction of sp³-hybridized carbons (Fsp3) is 0.700. The zero-order valence-electron chi connectivity index (χ0n) is 10.2. The van der Waals surface area contributed by atoms with Gasteiger partial charge < -0.3 is 4.42 Å². The summed E-state index contributed by atoms with van der Waals surface area (Å²) in [6, 6.07) is -0.347. The standard InChI is InChI=1S/C10H17N3O3/c1-6(2)12-8(11-5)16-10(15)13(7(3)4)9(12)14/h6-7H,1-5H3. The summed E-state index contributed by atoms with van der Waals surface area (Å²) >= 11 is 0. The minimum absolute atomic E-state index is 0.0573. The quantitative estimate of drug-likeness (QED) is 0.729. The summed E-state index contributed by atoms with van der Waals surface area (Å²) in [5.41, 5.74) is -0.330. The van der Waals surface area contributed by atoms with Crippen LogP contribution in [-0.2, 0) is 0 Å². The third-order valence-corrected chi connectivity index (χ3v) is 2.22. The molecule has 0 saturated carbocycles. The maximum Gasteiger partial charge on any atom is 0.426 e. The minimum atomic E-state index is -0.669. The molecule has 0 aliphatic carbocycles.